The van der Waals surface area contributed by atoms with E-state index in [1.54, 1.807) is 0 Å². The molecule has 0 aliphatic carbocycles. The summed E-state index contributed by atoms with van der Waals surface area (Å²) in [5, 5.41) is 0. The van der Waals surface area contributed by atoms with Crippen molar-refractivity contribution in [1.82, 2.24) is 0 Å². The first-order valence-corrected chi connectivity index (χ1v) is 19.6. The summed E-state index contributed by atoms with van der Waals surface area (Å²) in [7, 11) is 8.37. The topological polar surface area (TPSA) is 52.6 Å². The number of ether oxygens (including phenoxy) is 2. The summed E-state index contributed by atoms with van der Waals surface area (Å²) in [5.74, 6) is -0.198. The van der Waals surface area contributed by atoms with E-state index in [0.717, 1.165) is 45.2 Å². The molecule has 0 fully saturated rings. The van der Waals surface area contributed by atoms with E-state index in [1.165, 1.54) is 128 Å². The third-order valence-electron chi connectivity index (χ3n) is 9.16. The average molecular weight is 641 g/mol. The number of hydrogen-bond donors (Lipinski definition) is 0. The monoisotopic (exact) mass is 641 g/mol. The molecule has 6 nitrogen and oxygen atoms in total. The molecule has 268 valence electrons. The zero-order valence-electron chi connectivity index (χ0n) is 31.4. The number of esters is 2. The first kappa shape index (κ1) is 43.9. The van der Waals surface area contributed by atoms with Gasteiger partial charge in [-0.3, -0.25) is 0 Å². The van der Waals surface area contributed by atoms with Crippen LogP contribution >= 0.6 is 0 Å². The van der Waals surface area contributed by atoms with Crippen LogP contribution in [0.3, 0.4) is 0 Å². The smallest absolute Gasteiger partial charge is 0.361 e. The number of carbonyl (C=O) groups excluding carboxylic acids is 2. The summed E-state index contributed by atoms with van der Waals surface area (Å²) in [5.41, 5.74) is 0. The van der Waals surface area contributed by atoms with E-state index in [4.69, 9.17) is 9.47 Å². The Labute approximate surface area is 281 Å². The highest BCUT2D eigenvalue weighted by Crippen LogP contribution is 2.14. The van der Waals surface area contributed by atoms with Crippen LogP contribution in [0.15, 0.2) is 0 Å². The van der Waals surface area contributed by atoms with Gasteiger partial charge in [0.25, 0.3) is 0 Å². The normalized spacial score (nSPS) is 12.0. The van der Waals surface area contributed by atoms with Gasteiger partial charge in [-0.2, -0.15) is 0 Å². The Morgan fingerprint density at radius 1 is 0.378 bits per heavy atom. The zero-order valence-corrected chi connectivity index (χ0v) is 31.4. The van der Waals surface area contributed by atoms with E-state index in [0.29, 0.717) is 35.3 Å². The van der Waals surface area contributed by atoms with Crippen molar-refractivity contribution in [3.63, 3.8) is 0 Å². The fourth-order valence-corrected chi connectivity index (χ4v) is 6.13. The number of unbranched alkanes of at least 4 members (excludes halogenated alkanes) is 22. The van der Waals surface area contributed by atoms with Crippen molar-refractivity contribution < 1.29 is 28.0 Å². The lowest BCUT2D eigenvalue weighted by atomic mass is 10.1. The molecule has 0 unspecified atom stereocenters. The predicted molar refractivity (Wildman–Crippen MR) is 192 cm³/mol. The van der Waals surface area contributed by atoms with Crippen LogP contribution in [-0.4, -0.2) is 88.5 Å². The average Bonchev–Trinajstić information content (AvgIpc) is 2.97. The van der Waals surface area contributed by atoms with Crippen LogP contribution < -0.4 is 0 Å². The van der Waals surface area contributed by atoms with Gasteiger partial charge in [-0.05, 0) is 12.8 Å². The molecular weight excluding hydrogens is 560 g/mol. The molecule has 0 amide bonds. The van der Waals surface area contributed by atoms with Crippen LogP contribution in [0.25, 0.3) is 0 Å². The number of hydrogen-bond acceptors (Lipinski definition) is 4. The van der Waals surface area contributed by atoms with Gasteiger partial charge in [0.1, 0.15) is 0 Å². The van der Waals surface area contributed by atoms with Crippen LogP contribution in [-0.2, 0) is 19.1 Å². The largest absolute Gasteiger partial charge is 0.462 e. The van der Waals surface area contributed by atoms with Gasteiger partial charge < -0.3 is 18.4 Å². The molecule has 0 saturated carbocycles. The molecule has 0 N–H and O–H groups in total. The highest BCUT2D eigenvalue weighted by Gasteiger charge is 2.25. The number of likely N-dealkylation sites (N-methyl/N-ethyl adjacent to an activating group) is 2. The second-order valence-electron chi connectivity index (χ2n) is 15.2. The van der Waals surface area contributed by atoms with Gasteiger partial charge in [0.2, 0.25) is 0 Å². The van der Waals surface area contributed by atoms with E-state index in [2.05, 4.69) is 42.0 Å². The molecule has 0 aliphatic heterocycles. The molecule has 0 aromatic heterocycles. The lowest BCUT2D eigenvalue weighted by Gasteiger charge is -2.32. The van der Waals surface area contributed by atoms with Crippen LogP contribution in [0, 0.1) is 0 Å². The van der Waals surface area contributed by atoms with E-state index in [1.807, 2.05) is 0 Å². The van der Waals surface area contributed by atoms with Gasteiger partial charge in [0.05, 0.1) is 54.5 Å². The quantitative estimate of drug-likeness (QED) is 0.0399. The molecule has 0 aliphatic rings. The van der Waals surface area contributed by atoms with Crippen molar-refractivity contribution in [2.45, 2.75) is 174 Å². The molecule has 0 aromatic carbocycles. The lowest BCUT2D eigenvalue weighted by molar-refractivity contribution is -0.902. The van der Waals surface area contributed by atoms with Crippen molar-refractivity contribution in [3.05, 3.63) is 0 Å². The Kier molecular flexibility index (Phi) is 29.4. The first-order chi connectivity index (χ1) is 21.6. The minimum Gasteiger partial charge on any atom is -0.462 e. The molecular formula is C39H80N2O4+2. The Balaban J connectivity index is 3.75. The standard InChI is InChI=1S/C39H80N2O4/c1-7-9-11-13-15-17-19-21-23-25-27-29-34-44-38(42)36-40(3,4)32-31-33-41(5,6)37-39(43)45-35-30-28-26-24-22-20-18-16-14-12-10-8-2/h7-37H2,1-6H3/q+2. The second kappa shape index (κ2) is 30.2. The molecule has 45 heavy (non-hydrogen) atoms. The molecule has 6 heteroatoms. The van der Waals surface area contributed by atoms with Crippen LogP contribution in [0.2, 0.25) is 0 Å². The second-order valence-corrected chi connectivity index (χ2v) is 15.2. The van der Waals surface area contributed by atoms with Gasteiger partial charge in [-0.1, -0.05) is 155 Å². The SMILES string of the molecule is CCCCCCCCCCCCCCOC(=O)C[N+](C)(C)CCC[N+](C)(C)CC(=O)OCCCCCCCCCCCCCC. The fraction of sp³-hybridized carbons (Fsp3) is 0.949. The third kappa shape index (κ3) is 32.6. The van der Waals surface area contributed by atoms with Gasteiger partial charge in [0.15, 0.2) is 13.1 Å². The van der Waals surface area contributed by atoms with Crippen LogP contribution in [0.5, 0.6) is 0 Å². The summed E-state index contributed by atoms with van der Waals surface area (Å²) in [4.78, 5) is 24.9. The van der Waals surface area contributed by atoms with Crippen molar-refractivity contribution in [1.29, 1.82) is 0 Å². The van der Waals surface area contributed by atoms with Crippen molar-refractivity contribution >= 4 is 11.9 Å². The van der Waals surface area contributed by atoms with E-state index in [9.17, 15) is 9.59 Å². The van der Waals surface area contributed by atoms with Crippen molar-refractivity contribution in [3.8, 4) is 0 Å². The molecule has 0 bridgehead atoms. The van der Waals surface area contributed by atoms with Gasteiger partial charge in [-0.15, -0.1) is 0 Å². The summed E-state index contributed by atoms with van der Waals surface area (Å²) in [6, 6.07) is 0. The highest BCUT2D eigenvalue weighted by molar-refractivity contribution is 5.70. The highest BCUT2D eigenvalue weighted by atomic mass is 16.5. The van der Waals surface area contributed by atoms with Crippen LogP contribution in [0.4, 0.5) is 0 Å². The van der Waals surface area contributed by atoms with Crippen molar-refractivity contribution in [2.75, 3.05) is 67.6 Å². The van der Waals surface area contributed by atoms with E-state index < -0.39 is 0 Å². The molecule has 0 radical (unpaired) electrons. The number of carbonyl (C=O) groups is 2. The molecule has 0 heterocycles. The Morgan fingerprint density at radius 3 is 0.889 bits per heavy atom. The zero-order chi connectivity index (χ0) is 33.5. The van der Waals surface area contributed by atoms with Crippen molar-refractivity contribution in [2.24, 2.45) is 0 Å². The van der Waals surface area contributed by atoms with E-state index >= 15 is 0 Å². The Hall–Kier alpha value is -1.14. The maximum Gasteiger partial charge on any atom is 0.361 e. The van der Waals surface area contributed by atoms with E-state index in [-0.39, 0.29) is 11.9 Å². The van der Waals surface area contributed by atoms with Gasteiger partial charge in [-0.25, -0.2) is 9.59 Å². The summed E-state index contributed by atoms with van der Waals surface area (Å²) >= 11 is 0. The maximum atomic E-state index is 12.4. The van der Waals surface area contributed by atoms with Crippen LogP contribution in [0.1, 0.15) is 174 Å². The third-order valence-corrected chi connectivity index (χ3v) is 9.16. The maximum absolute atomic E-state index is 12.4. The summed E-state index contributed by atoms with van der Waals surface area (Å²) in [6.45, 7) is 8.18. The minimum atomic E-state index is -0.0989. The number of rotatable bonds is 34. The molecule has 0 spiro atoms. The molecule has 0 atom stereocenters. The molecule has 0 rings (SSSR count). The first-order valence-electron chi connectivity index (χ1n) is 19.6. The Bertz CT molecular complexity index is 624. The van der Waals surface area contributed by atoms with Gasteiger partial charge >= 0.3 is 11.9 Å². The molecule has 0 saturated heterocycles. The van der Waals surface area contributed by atoms with Gasteiger partial charge in [0, 0.05) is 6.42 Å². The minimum absolute atomic E-state index is 0.0989. The number of quaternary nitrogens is 2. The molecule has 0 aromatic rings. The number of nitrogens with zero attached hydrogens (tertiary/aromatic N) is 2. The lowest BCUT2D eigenvalue weighted by Crippen LogP contribution is -2.49. The fourth-order valence-electron chi connectivity index (χ4n) is 6.13. The summed E-state index contributed by atoms with van der Waals surface area (Å²) < 4.78 is 12.3. The Morgan fingerprint density at radius 2 is 0.622 bits per heavy atom. The summed E-state index contributed by atoms with van der Waals surface area (Å²) in [6.07, 6.45) is 32.3. The predicted octanol–water partition coefficient (Wildman–Crippen LogP) is 10.0.